The molecular weight excluding hydrogens is 450 g/mol. The van der Waals surface area contributed by atoms with Gasteiger partial charge in [0, 0.05) is 29.2 Å². The number of carbonyl (C=O) groups is 3. The minimum atomic E-state index is -0.391. The SMILES string of the molecule is CC(=O)Nc1ccc(NC(=O)CSc2nc(CC(=O)NCc3cccs3)cc(=O)[nH]2)cc1. The number of aromatic nitrogens is 2. The number of carbonyl (C=O) groups excluding carboxylic acids is 3. The van der Waals surface area contributed by atoms with Crippen molar-refractivity contribution in [2.45, 2.75) is 25.0 Å². The predicted molar refractivity (Wildman–Crippen MR) is 125 cm³/mol. The van der Waals surface area contributed by atoms with Crippen molar-refractivity contribution in [3.8, 4) is 0 Å². The molecule has 0 bridgehead atoms. The highest BCUT2D eigenvalue weighted by Crippen LogP contribution is 2.16. The van der Waals surface area contributed by atoms with E-state index in [1.165, 1.54) is 13.0 Å². The highest BCUT2D eigenvalue weighted by atomic mass is 32.2. The topological polar surface area (TPSA) is 133 Å². The third-order valence-electron chi connectivity index (χ3n) is 3.98. The molecule has 0 atom stereocenters. The number of aromatic amines is 1. The quantitative estimate of drug-likeness (QED) is 0.280. The second-order valence-electron chi connectivity index (χ2n) is 6.67. The average Bonchev–Trinajstić information content (AvgIpc) is 3.25. The number of benzene rings is 1. The van der Waals surface area contributed by atoms with Crippen LogP contribution in [0.25, 0.3) is 0 Å². The maximum absolute atomic E-state index is 12.2. The number of anilines is 2. The molecule has 9 nitrogen and oxygen atoms in total. The molecule has 3 rings (SSSR count). The van der Waals surface area contributed by atoms with E-state index in [4.69, 9.17) is 0 Å². The maximum atomic E-state index is 12.2. The molecule has 0 aliphatic carbocycles. The highest BCUT2D eigenvalue weighted by molar-refractivity contribution is 7.99. The number of nitrogens with one attached hydrogen (secondary N) is 4. The summed E-state index contributed by atoms with van der Waals surface area (Å²) >= 11 is 2.61. The number of thioether (sulfide) groups is 1. The Hall–Kier alpha value is -3.44. The van der Waals surface area contributed by atoms with Crippen LogP contribution < -0.4 is 21.5 Å². The molecule has 2 aromatic heterocycles. The lowest BCUT2D eigenvalue weighted by atomic mass is 10.3. The van der Waals surface area contributed by atoms with Gasteiger partial charge >= 0.3 is 0 Å². The van der Waals surface area contributed by atoms with Gasteiger partial charge in [0.1, 0.15) is 0 Å². The molecule has 2 heterocycles. The lowest BCUT2D eigenvalue weighted by Gasteiger charge is -2.07. The molecule has 166 valence electrons. The van der Waals surface area contributed by atoms with Crippen molar-refractivity contribution in [3.05, 3.63) is 68.8 Å². The molecule has 32 heavy (non-hydrogen) atoms. The van der Waals surface area contributed by atoms with Crippen LogP contribution in [0.1, 0.15) is 17.5 Å². The van der Waals surface area contributed by atoms with Gasteiger partial charge < -0.3 is 20.9 Å². The van der Waals surface area contributed by atoms with Gasteiger partial charge in [-0.05, 0) is 35.7 Å². The molecule has 4 N–H and O–H groups in total. The van der Waals surface area contributed by atoms with Gasteiger partial charge in [0.25, 0.3) is 5.56 Å². The Balaban J connectivity index is 1.50. The molecule has 0 unspecified atom stereocenters. The fourth-order valence-corrected chi connectivity index (χ4v) is 3.98. The van der Waals surface area contributed by atoms with E-state index in [1.54, 1.807) is 35.6 Å². The smallest absolute Gasteiger partial charge is 0.251 e. The molecule has 0 aliphatic rings. The van der Waals surface area contributed by atoms with Crippen LogP contribution in [0.2, 0.25) is 0 Å². The normalized spacial score (nSPS) is 10.4. The van der Waals surface area contributed by atoms with Crippen molar-refractivity contribution in [1.82, 2.24) is 15.3 Å². The van der Waals surface area contributed by atoms with Gasteiger partial charge in [-0.25, -0.2) is 4.98 Å². The number of thiophene rings is 1. The molecule has 0 spiro atoms. The van der Waals surface area contributed by atoms with E-state index in [2.05, 4.69) is 25.9 Å². The summed E-state index contributed by atoms with van der Waals surface area (Å²) < 4.78 is 0. The van der Waals surface area contributed by atoms with Crippen molar-refractivity contribution >= 4 is 52.2 Å². The Bertz CT molecular complexity index is 1140. The van der Waals surface area contributed by atoms with Crippen LogP contribution in [0.15, 0.2) is 57.8 Å². The Morgan fingerprint density at radius 1 is 1.06 bits per heavy atom. The zero-order valence-corrected chi connectivity index (χ0v) is 18.8. The summed E-state index contributed by atoms with van der Waals surface area (Å²) in [6.45, 7) is 1.84. The van der Waals surface area contributed by atoms with Crippen LogP contribution >= 0.6 is 23.1 Å². The van der Waals surface area contributed by atoms with E-state index in [-0.39, 0.29) is 35.1 Å². The minimum absolute atomic E-state index is 0.0183. The van der Waals surface area contributed by atoms with Crippen molar-refractivity contribution < 1.29 is 14.4 Å². The van der Waals surface area contributed by atoms with Gasteiger partial charge in [-0.15, -0.1) is 11.3 Å². The number of amides is 3. The molecule has 3 aromatic rings. The van der Waals surface area contributed by atoms with Gasteiger partial charge in [0.05, 0.1) is 24.4 Å². The van der Waals surface area contributed by atoms with E-state index in [0.717, 1.165) is 16.6 Å². The molecule has 0 saturated carbocycles. The number of hydrogen-bond acceptors (Lipinski definition) is 7. The fourth-order valence-electron chi connectivity index (χ4n) is 2.64. The summed E-state index contributed by atoms with van der Waals surface area (Å²) in [7, 11) is 0. The molecule has 11 heteroatoms. The predicted octanol–water partition coefficient (Wildman–Crippen LogP) is 2.38. The number of hydrogen-bond donors (Lipinski definition) is 4. The summed E-state index contributed by atoms with van der Waals surface area (Å²) in [5.74, 6) is -0.691. The first-order valence-corrected chi connectivity index (χ1v) is 11.4. The van der Waals surface area contributed by atoms with Crippen LogP contribution in [-0.4, -0.2) is 33.4 Å². The first-order valence-electron chi connectivity index (χ1n) is 9.57. The van der Waals surface area contributed by atoms with E-state index in [9.17, 15) is 19.2 Å². The Labute approximate surface area is 192 Å². The number of nitrogens with zero attached hydrogens (tertiary/aromatic N) is 1. The molecule has 0 radical (unpaired) electrons. The van der Waals surface area contributed by atoms with Crippen LogP contribution in [0.4, 0.5) is 11.4 Å². The van der Waals surface area contributed by atoms with Crippen LogP contribution in [0.3, 0.4) is 0 Å². The third kappa shape index (κ3) is 7.67. The largest absolute Gasteiger partial charge is 0.351 e. The Morgan fingerprint density at radius 2 is 1.78 bits per heavy atom. The Morgan fingerprint density at radius 3 is 2.44 bits per heavy atom. The van der Waals surface area contributed by atoms with Gasteiger partial charge in [-0.2, -0.15) is 0 Å². The van der Waals surface area contributed by atoms with E-state index < -0.39 is 5.56 Å². The molecule has 0 aliphatic heterocycles. The first kappa shape index (κ1) is 23.2. The third-order valence-corrected chi connectivity index (χ3v) is 5.73. The molecule has 0 saturated heterocycles. The molecular formula is C21H21N5O4S2. The van der Waals surface area contributed by atoms with Crippen molar-refractivity contribution in [2.24, 2.45) is 0 Å². The summed E-state index contributed by atoms with van der Waals surface area (Å²) in [5.41, 5.74) is 1.14. The second kappa shape index (κ2) is 11.3. The van der Waals surface area contributed by atoms with Crippen molar-refractivity contribution in [2.75, 3.05) is 16.4 Å². The van der Waals surface area contributed by atoms with E-state index in [1.807, 2.05) is 17.5 Å². The van der Waals surface area contributed by atoms with Gasteiger partial charge in [-0.1, -0.05) is 17.8 Å². The van der Waals surface area contributed by atoms with Crippen molar-refractivity contribution in [1.29, 1.82) is 0 Å². The number of rotatable bonds is 9. The lowest BCUT2D eigenvalue weighted by molar-refractivity contribution is -0.120. The summed E-state index contributed by atoms with van der Waals surface area (Å²) in [6, 6.07) is 11.8. The minimum Gasteiger partial charge on any atom is -0.351 e. The van der Waals surface area contributed by atoms with E-state index >= 15 is 0 Å². The zero-order valence-electron chi connectivity index (χ0n) is 17.1. The molecule has 0 fully saturated rings. The number of H-pyrrole nitrogens is 1. The second-order valence-corrected chi connectivity index (χ2v) is 8.67. The summed E-state index contributed by atoms with van der Waals surface area (Å²) in [6.07, 6.45) is -0.0320. The maximum Gasteiger partial charge on any atom is 0.251 e. The molecule has 1 aromatic carbocycles. The monoisotopic (exact) mass is 471 g/mol. The van der Waals surface area contributed by atoms with Crippen molar-refractivity contribution in [3.63, 3.8) is 0 Å². The summed E-state index contributed by atoms with van der Waals surface area (Å²) in [5, 5.41) is 10.4. The van der Waals surface area contributed by atoms with Crippen LogP contribution in [0, 0.1) is 0 Å². The van der Waals surface area contributed by atoms with Crippen LogP contribution in [-0.2, 0) is 27.3 Å². The average molecular weight is 472 g/mol. The zero-order chi connectivity index (χ0) is 22.9. The van der Waals surface area contributed by atoms with Gasteiger partial charge in [-0.3, -0.25) is 19.2 Å². The standard InChI is InChI=1S/C21H21N5O4S2/c1-13(27)23-14-4-6-15(7-5-14)24-20(30)12-32-21-25-16(10-19(29)26-21)9-18(28)22-11-17-3-2-8-31-17/h2-8,10H,9,11-12H2,1H3,(H,22,28)(H,23,27)(H,24,30)(H,25,26,29). The lowest BCUT2D eigenvalue weighted by Crippen LogP contribution is -2.25. The Kier molecular flexibility index (Phi) is 8.17. The van der Waals surface area contributed by atoms with Gasteiger partial charge in [0.2, 0.25) is 17.7 Å². The molecule has 3 amide bonds. The van der Waals surface area contributed by atoms with Crippen LogP contribution in [0.5, 0.6) is 0 Å². The van der Waals surface area contributed by atoms with Gasteiger partial charge in [0.15, 0.2) is 5.16 Å². The van der Waals surface area contributed by atoms with E-state index in [0.29, 0.717) is 23.6 Å². The summed E-state index contributed by atoms with van der Waals surface area (Å²) in [4.78, 5) is 55.2. The highest BCUT2D eigenvalue weighted by Gasteiger charge is 2.10. The fraction of sp³-hybridized carbons (Fsp3) is 0.190. The first-order chi connectivity index (χ1) is 15.4.